The van der Waals surface area contributed by atoms with Crippen LogP contribution in [-0.4, -0.2) is 61.2 Å². The molecule has 2 aliphatic carbocycles. The van der Waals surface area contributed by atoms with Gasteiger partial charge in [-0.15, -0.1) is 11.3 Å². The van der Waals surface area contributed by atoms with E-state index in [0.717, 1.165) is 48.3 Å². The molecular formula is C42H56O10S. The van der Waals surface area contributed by atoms with Gasteiger partial charge in [0.15, 0.2) is 36.4 Å². The minimum Gasteiger partial charge on any atom is -0.351 e. The van der Waals surface area contributed by atoms with Crippen molar-refractivity contribution in [3.05, 3.63) is 21.9 Å². The molecule has 53 heavy (non-hydrogen) atoms. The van der Waals surface area contributed by atoms with Crippen molar-refractivity contribution in [2.24, 2.45) is 47.3 Å². The van der Waals surface area contributed by atoms with Gasteiger partial charge >= 0.3 is 0 Å². The summed E-state index contributed by atoms with van der Waals surface area (Å²) in [6.45, 7) is 14.0. The van der Waals surface area contributed by atoms with Gasteiger partial charge in [0.05, 0.1) is 23.0 Å². The maximum Gasteiger partial charge on any atom is 0.201 e. The van der Waals surface area contributed by atoms with E-state index in [1.54, 1.807) is 11.3 Å². The fourth-order valence-electron chi connectivity index (χ4n) is 11.3. The van der Waals surface area contributed by atoms with Gasteiger partial charge in [-0.25, -0.2) is 19.6 Å². The molecular weight excluding hydrogens is 697 g/mol. The average molecular weight is 753 g/mol. The molecule has 9 heterocycles. The van der Waals surface area contributed by atoms with Gasteiger partial charge in [0, 0.05) is 49.4 Å². The molecule has 2 saturated carbocycles. The number of thiophene rings is 1. The van der Waals surface area contributed by atoms with Crippen LogP contribution >= 0.6 is 11.3 Å². The van der Waals surface area contributed by atoms with Crippen LogP contribution in [0.25, 0.3) is 0 Å². The van der Waals surface area contributed by atoms with Crippen molar-refractivity contribution in [1.82, 2.24) is 0 Å². The second-order valence-corrected chi connectivity index (χ2v) is 18.6. The molecule has 0 unspecified atom stereocenters. The van der Waals surface area contributed by atoms with Crippen LogP contribution in [0, 0.1) is 71.0 Å². The lowest BCUT2D eigenvalue weighted by Gasteiger charge is -2.60. The predicted octanol–water partition coefficient (Wildman–Crippen LogP) is 7.68. The van der Waals surface area contributed by atoms with E-state index >= 15 is 0 Å². The van der Waals surface area contributed by atoms with Gasteiger partial charge in [0.25, 0.3) is 0 Å². The van der Waals surface area contributed by atoms with Gasteiger partial charge in [-0.1, -0.05) is 51.4 Å². The molecule has 0 aromatic carbocycles. The molecule has 2 spiro atoms. The summed E-state index contributed by atoms with van der Waals surface area (Å²) in [6.07, 6.45) is 7.57. The Labute approximate surface area is 318 Å². The Bertz CT molecular complexity index is 1530. The van der Waals surface area contributed by atoms with Gasteiger partial charge in [0.2, 0.25) is 11.6 Å². The monoisotopic (exact) mass is 752 g/mol. The molecule has 11 rings (SSSR count). The van der Waals surface area contributed by atoms with Crippen LogP contribution in [0.1, 0.15) is 116 Å². The zero-order chi connectivity index (χ0) is 36.6. The Morgan fingerprint density at radius 3 is 1.53 bits per heavy atom. The third-order valence-electron chi connectivity index (χ3n) is 14.2. The first-order valence-corrected chi connectivity index (χ1v) is 21.1. The van der Waals surface area contributed by atoms with Crippen molar-refractivity contribution in [2.75, 3.05) is 13.2 Å². The highest BCUT2D eigenvalue weighted by molar-refractivity contribution is 7.13. The van der Waals surface area contributed by atoms with Crippen LogP contribution in [0.5, 0.6) is 0 Å². The Balaban J connectivity index is 0.749. The highest BCUT2D eigenvalue weighted by Gasteiger charge is 2.71. The molecule has 10 fully saturated rings. The summed E-state index contributed by atoms with van der Waals surface area (Å²) in [4.78, 5) is 26.3. The lowest BCUT2D eigenvalue weighted by molar-refractivity contribution is -0.577. The second kappa shape index (κ2) is 14.1. The molecule has 8 saturated heterocycles. The van der Waals surface area contributed by atoms with Crippen molar-refractivity contribution < 1.29 is 48.0 Å². The second-order valence-electron chi connectivity index (χ2n) is 17.6. The topological polar surface area (TPSA) is 92.3 Å². The quantitative estimate of drug-likeness (QED) is 0.164. The van der Waals surface area contributed by atoms with Gasteiger partial charge in [-0.05, 0) is 88.2 Å². The molecule has 11 heteroatoms. The molecule has 0 amide bonds. The molecule has 290 valence electrons. The van der Waals surface area contributed by atoms with E-state index < -0.39 is 35.4 Å². The highest BCUT2D eigenvalue weighted by Crippen LogP contribution is 2.62. The normalized spacial score (nSPS) is 49.3. The summed E-state index contributed by atoms with van der Waals surface area (Å²) < 4.78 is 38.6. The summed E-state index contributed by atoms with van der Waals surface area (Å²) in [6, 6.07) is 4.07. The summed E-state index contributed by atoms with van der Waals surface area (Å²) in [5.41, 5.74) is -1.14. The Hall–Kier alpha value is -1.58. The predicted molar refractivity (Wildman–Crippen MR) is 193 cm³/mol. The third-order valence-corrected chi connectivity index (χ3v) is 15.2. The largest absolute Gasteiger partial charge is 0.351 e. The zero-order valence-corrected chi connectivity index (χ0v) is 32.9. The molecule has 16 atom stereocenters. The third kappa shape index (κ3) is 6.26. The zero-order valence-electron chi connectivity index (χ0n) is 32.1. The summed E-state index contributed by atoms with van der Waals surface area (Å²) in [5, 5.41) is 0. The Kier molecular flexibility index (Phi) is 9.86. The molecule has 10 aliphatic rings. The smallest absolute Gasteiger partial charge is 0.201 e. The first kappa shape index (κ1) is 37.0. The maximum atomic E-state index is 6.54. The lowest BCUT2D eigenvalue weighted by atomic mass is 9.58. The summed E-state index contributed by atoms with van der Waals surface area (Å²) in [7, 11) is 0. The van der Waals surface area contributed by atoms with Crippen LogP contribution < -0.4 is 0 Å². The average Bonchev–Trinajstić information content (AvgIpc) is 3.29. The fraction of sp³-hybridized carbons (Fsp3) is 0.810. The Morgan fingerprint density at radius 2 is 1.08 bits per heavy atom. The molecule has 1 aromatic rings. The maximum absolute atomic E-state index is 6.54. The summed E-state index contributed by atoms with van der Waals surface area (Å²) in [5.74, 6) is 14.1. The number of rotatable bonds is 6. The fourth-order valence-corrected chi connectivity index (χ4v) is 12.1. The van der Waals surface area contributed by atoms with E-state index in [2.05, 4.69) is 51.4 Å². The van der Waals surface area contributed by atoms with Crippen molar-refractivity contribution in [3.8, 4) is 23.7 Å². The Morgan fingerprint density at radius 1 is 0.623 bits per heavy atom. The molecule has 1 aromatic heterocycles. The standard InChI is InChI=1S/C42H56O10S/c1-25-13-17-33-27(3)35(45-37-41(33)31(25)19-21-39(5,47-37)49-51-41)43-23-9-7-11-29-15-16-30(53-29)12-8-10-24-44-36-28(4)34-18-14-26(2)32-20-22-40(6)48-38(46-36)42(32,34)52-50-40/h15-16,25-28,31-38H,9-10,13-14,17-24H2,1-6H3/t25-,26-,27-,28-,31+,32+,33+,34+,35+,36+,37-,38-,39-,40-,41-,42-/m1/s1. The minimum absolute atomic E-state index is 0.154. The first-order chi connectivity index (χ1) is 25.5. The van der Waals surface area contributed by atoms with E-state index in [-0.39, 0.29) is 36.3 Å². The van der Waals surface area contributed by atoms with Crippen LogP contribution in [0.2, 0.25) is 0 Å². The van der Waals surface area contributed by atoms with Crippen molar-refractivity contribution in [3.63, 3.8) is 0 Å². The first-order valence-electron chi connectivity index (χ1n) is 20.2. The number of hydrogen-bond acceptors (Lipinski definition) is 11. The molecule has 0 N–H and O–H groups in total. The molecule has 0 radical (unpaired) electrons. The van der Waals surface area contributed by atoms with Crippen LogP contribution in [0.15, 0.2) is 12.1 Å². The molecule has 10 nitrogen and oxygen atoms in total. The van der Waals surface area contributed by atoms with Gasteiger partial charge < -0.3 is 28.4 Å². The van der Waals surface area contributed by atoms with Gasteiger partial charge in [-0.3, -0.25) is 0 Å². The van der Waals surface area contributed by atoms with Gasteiger partial charge in [-0.2, -0.15) is 0 Å². The van der Waals surface area contributed by atoms with Crippen molar-refractivity contribution >= 4 is 11.3 Å². The number of fused-ring (bicyclic) bond motifs is 4. The molecule has 4 bridgehead atoms. The van der Waals surface area contributed by atoms with E-state index in [1.807, 2.05) is 26.0 Å². The number of hydrogen-bond donors (Lipinski definition) is 0. The minimum atomic E-state index is -0.786. The number of ether oxygens (including phenoxy) is 6. The summed E-state index contributed by atoms with van der Waals surface area (Å²) >= 11 is 1.60. The van der Waals surface area contributed by atoms with E-state index in [1.165, 1.54) is 12.8 Å². The van der Waals surface area contributed by atoms with Crippen LogP contribution in [0.3, 0.4) is 0 Å². The molecule has 8 aliphatic heterocycles. The van der Waals surface area contributed by atoms with Crippen molar-refractivity contribution in [1.29, 1.82) is 0 Å². The van der Waals surface area contributed by atoms with Crippen LogP contribution in [0.4, 0.5) is 0 Å². The van der Waals surface area contributed by atoms with E-state index in [4.69, 9.17) is 48.0 Å². The van der Waals surface area contributed by atoms with E-state index in [0.29, 0.717) is 49.7 Å². The van der Waals surface area contributed by atoms with E-state index in [9.17, 15) is 0 Å². The van der Waals surface area contributed by atoms with Crippen LogP contribution in [-0.2, 0) is 48.0 Å². The SMILES string of the molecule is C[C@H]1[C@@H](OCCC#Cc2ccc(C#CCCO[C@H]3O[C@@H]4O[C@@]5(C)CC[C@H]6[C@H](C)CC[C@@H]([C@H]3C)[C@@]46OO5)s2)O[C@@H]2O[C@@]3(C)CC[C@H]4[C@H](C)CC[C@@H]1[C@@]24OO3. The van der Waals surface area contributed by atoms with Crippen molar-refractivity contribution in [2.45, 2.75) is 154 Å². The van der Waals surface area contributed by atoms with Gasteiger partial charge in [0.1, 0.15) is 0 Å². The lowest BCUT2D eigenvalue weighted by Crippen LogP contribution is -2.70. The highest BCUT2D eigenvalue weighted by atomic mass is 32.1.